The Morgan fingerprint density at radius 3 is 0.986 bits per heavy atom. The van der Waals surface area contributed by atoms with Crippen LogP contribution in [0.4, 0.5) is 0 Å². The third-order valence-corrected chi connectivity index (χ3v) is 15.6. The molecule has 3 N–H and O–H groups in total. The van der Waals surface area contributed by atoms with Gasteiger partial charge in [-0.2, -0.15) is 0 Å². The number of carbonyl (C=O) groups excluding carboxylic acids is 2. The normalized spacial score (nSPS) is 12.6. The van der Waals surface area contributed by atoms with Crippen LogP contribution < -0.4 is 5.32 Å². The largest absolute Gasteiger partial charge is 0.466 e. The fourth-order valence-corrected chi connectivity index (χ4v) is 10.5. The first-order valence-corrected chi connectivity index (χ1v) is 32.9. The first-order chi connectivity index (χ1) is 35.5. The Kier molecular flexibility index (Phi) is 60.9. The molecule has 2 unspecified atom stereocenters. The number of aliphatic hydroxyl groups excluding tert-OH is 2. The smallest absolute Gasteiger partial charge is 0.305 e. The van der Waals surface area contributed by atoms with Crippen LogP contribution in [-0.2, 0) is 14.3 Å². The molecule has 0 aliphatic carbocycles. The van der Waals surface area contributed by atoms with Crippen molar-refractivity contribution in [3.05, 3.63) is 12.2 Å². The van der Waals surface area contributed by atoms with Gasteiger partial charge in [-0.15, -0.1) is 0 Å². The summed E-state index contributed by atoms with van der Waals surface area (Å²) >= 11 is 0. The summed E-state index contributed by atoms with van der Waals surface area (Å²) in [5, 5.41) is 23.4. The highest BCUT2D eigenvalue weighted by Crippen LogP contribution is 2.19. The molecule has 0 aromatic carbocycles. The van der Waals surface area contributed by atoms with Crippen molar-refractivity contribution in [2.24, 2.45) is 0 Å². The van der Waals surface area contributed by atoms with Gasteiger partial charge in [0.25, 0.3) is 0 Å². The highest BCUT2D eigenvalue weighted by atomic mass is 16.5. The third-order valence-electron chi connectivity index (χ3n) is 15.6. The Hall–Kier alpha value is -1.40. The van der Waals surface area contributed by atoms with Gasteiger partial charge in [-0.3, -0.25) is 9.59 Å². The lowest BCUT2D eigenvalue weighted by molar-refractivity contribution is -0.143. The average molecular weight is 1020 g/mol. The van der Waals surface area contributed by atoms with E-state index in [0.717, 1.165) is 51.4 Å². The molecule has 0 fully saturated rings. The maximum Gasteiger partial charge on any atom is 0.305 e. The van der Waals surface area contributed by atoms with Crippen LogP contribution >= 0.6 is 0 Å². The lowest BCUT2D eigenvalue weighted by Crippen LogP contribution is -2.45. The fraction of sp³-hybridized carbons (Fsp3) is 0.939. The van der Waals surface area contributed by atoms with Crippen molar-refractivity contribution in [3.63, 3.8) is 0 Å². The molecule has 0 aliphatic heterocycles. The third kappa shape index (κ3) is 57.9. The topological polar surface area (TPSA) is 95.9 Å². The average Bonchev–Trinajstić information content (AvgIpc) is 3.38. The summed E-state index contributed by atoms with van der Waals surface area (Å²) in [6.07, 6.45) is 75.2. The minimum atomic E-state index is -0.673. The van der Waals surface area contributed by atoms with Crippen LogP contribution in [0.2, 0.25) is 0 Å². The highest BCUT2D eigenvalue weighted by molar-refractivity contribution is 5.76. The van der Waals surface area contributed by atoms with Crippen LogP contribution in [0.5, 0.6) is 0 Å². The molecule has 0 aliphatic rings. The minimum absolute atomic E-state index is 0.00171. The van der Waals surface area contributed by atoms with Gasteiger partial charge in [0.05, 0.1) is 25.4 Å². The second-order valence-electron chi connectivity index (χ2n) is 22.8. The number of amides is 1. The second-order valence-corrected chi connectivity index (χ2v) is 22.8. The van der Waals surface area contributed by atoms with Crippen molar-refractivity contribution >= 4 is 11.9 Å². The van der Waals surface area contributed by atoms with Gasteiger partial charge in [0.1, 0.15) is 0 Å². The molecule has 0 saturated heterocycles. The van der Waals surface area contributed by atoms with E-state index in [9.17, 15) is 19.8 Å². The second kappa shape index (κ2) is 62.1. The molecular weight excluding hydrogens is 887 g/mol. The summed E-state index contributed by atoms with van der Waals surface area (Å²) in [7, 11) is 0. The van der Waals surface area contributed by atoms with Crippen LogP contribution in [0.15, 0.2) is 12.2 Å². The molecule has 0 bridgehead atoms. The zero-order valence-electron chi connectivity index (χ0n) is 48.9. The van der Waals surface area contributed by atoms with E-state index < -0.39 is 12.1 Å². The predicted molar refractivity (Wildman–Crippen MR) is 315 cm³/mol. The maximum absolute atomic E-state index is 12.5. The lowest BCUT2D eigenvalue weighted by Gasteiger charge is -2.22. The summed E-state index contributed by atoms with van der Waals surface area (Å²) in [6, 6.07) is -0.551. The van der Waals surface area contributed by atoms with E-state index in [4.69, 9.17) is 4.74 Å². The van der Waals surface area contributed by atoms with Gasteiger partial charge in [0, 0.05) is 12.8 Å². The summed E-state index contributed by atoms with van der Waals surface area (Å²) in [5.41, 5.74) is 0. The van der Waals surface area contributed by atoms with Gasteiger partial charge < -0.3 is 20.3 Å². The molecule has 0 saturated carbocycles. The maximum atomic E-state index is 12.5. The Morgan fingerprint density at radius 1 is 0.375 bits per heavy atom. The molecule has 428 valence electrons. The first kappa shape index (κ1) is 70.6. The van der Waals surface area contributed by atoms with Gasteiger partial charge in [-0.1, -0.05) is 321 Å². The summed E-state index contributed by atoms with van der Waals surface area (Å²) < 4.78 is 5.48. The van der Waals surface area contributed by atoms with E-state index in [1.54, 1.807) is 0 Å². The molecule has 72 heavy (non-hydrogen) atoms. The zero-order valence-corrected chi connectivity index (χ0v) is 48.9. The van der Waals surface area contributed by atoms with Crippen molar-refractivity contribution < 1.29 is 24.5 Å². The van der Waals surface area contributed by atoms with Gasteiger partial charge in [-0.05, 0) is 51.4 Å². The molecule has 2 atom stereocenters. The first-order valence-electron chi connectivity index (χ1n) is 32.9. The van der Waals surface area contributed by atoms with Crippen molar-refractivity contribution in [1.82, 2.24) is 5.32 Å². The van der Waals surface area contributed by atoms with Gasteiger partial charge in [0.2, 0.25) is 5.91 Å². The minimum Gasteiger partial charge on any atom is -0.466 e. The lowest BCUT2D eigenvalue weighted by atomic mass is 10.0. The number of unbranched alkanes of at least 4 members (excludes halogenated alkanes) is 49. The monoisotopic (exact) mass is 1020 g/mol. The Morgan fingerprint density at radius 2 is 0.653 bits per heavy atom. The molecule has 6 heteroatoms. The molecule has 1 amide bonds. The number of hydrogen-bond donors (Lipinski definition) is 3. The number of nitrogens with one attached hydrogen (secondary N) is 1. The van der Waals surface area contributed by atoms with E-state index in [1.807, 2.05) is 0 Å². The zero-order chi connectivity index (χ0) is 52.2. The fourth-order valence-electron chi connectivity index (χ4n) is 10.5. The summed E-state index contributed by atoms with van der Waals surface area (Å²) in [6.45, 7) is 4.97. The molecule has 0 rings (SSSR count). The molecule has 0 aromatic heterocycles. The molecule has 6 nitrogen and oxygen atoms in total. The van der Waals surface area contributed by atoms with Crippen LogP contribution in [0.3, 0.4) is 0 Å². The van der Waals surface area contributed by atoms with Crippen LogP contribution in [-0.4, -0.2) is 47.4 Å². The summed E-state index contributed by atoms with van der Waals surface area (Å²) in [4.78, 5) is 24.6. The Balaban J connectivity index is 3.43. The van der Waals surface area contributed by atoms with E-state index >= 15 is 0 Å². The highest BCUT2D eigenvalue weighted by Gasteiger charge is 2.20. The number of ether oxygens (including phenoxy) is 1. The molecule has 0 radical (unpaired) electrons. The van der Waals surface area contributed by atoms with Crippen molar-refractivity contribution in [2.45, 2.75) is 386 Å². The van der Waals surface area contributed by atoms with Gasteiger partial charge in [-0.25, -0.2) is 0 Å². The van der Waals surface area contributed by atoms with Crippen molar-refractivity contribution in [1.29, 1.82) is 0 Å². The molecule has 0 aromatic rings. The summed E-state index contributed by atoms with van der Waals surface area (Å²) in [5.74, 6) is -0.0406. The number of esters is 1. The van der Waals surface area contributed by atoms with Crippen molar-refractivity contribution in [2.75, 3.05) is 13.2 Å². The van der Waals surface area contributed by atoms with E-state index in [0.29, 0.717) is 25.9 Å². The number of hydrogen-bond acceptors (Lipinski definition) is 5. The number of allylic oxidation sites excluding steroid dienone is 2. The standard InChI is InChI=1S/C66H129NO5/c1-3-5-7-9-11-13-15-17-19-20-21-22-23-24-25-26-28-31-34-38-42-46-50-54-58-64(69)63(62-68)67-65(70)59-55-51-47-43-39-35-32-29-27-30-33-37-41-45-49-53-57-61-72-66(71)60-56-52-48-44-40-36-18-16-14-12-10-8-6-4-2/h27,30,63-64,68-69H,3-26,28-29,31-62H2,1-2H3,(H,67,70)/b30-27-. The number of aliphatic hydroxyl groups is 2. The van der Waals surface area contributed by atoms with Crippen LogP contribution in [0.25, 0.3) is 0 Å². The predicted octanol–water partition coefficient (Wildman–Crippen LogP) is 20.8. The van der Waals surface area contributed by atoms with E-state index in [-0.39, 0.29) is 18.5 Å². The van der Waals surface area contributed by atoms with Crippen molar-refractivity contribution in [3.8, 4) is 0 Å². The van der Waals surface area contributed by atoms with Gasteiger partial charge in [0.15, 0.2) is 0 Å². The quantitative estimate of drug-likeness (QED) is 0.0320. The van der Waals surface area contributed by atoms with E-state index in [1.165, 1.54) is 289 Å². The Bertz CT molecular complexity index is 1080. The van der Waals surface area contributed by atoms with Gasteiger partial charge >= 0.3 is 5.97 Å². The Labute approximate surface area is 450 Å². The van der Waals surface area contributed by atoms with E-state index in [2.05, 4.69) is 31.3 Å². The molecule has 0 heterocycles. The van der Waals surface area contributed by atoms with Crippen LogP contribution in [0.1, 0.15) is 373 Å². The molecular formula is C66H129NO5. The number of rotatable bonds is 62. The van der Waals surface area contributed by atoms with Crippen LogP contribution in [0, 0.1) is 0 Å². The number of carbonyl (C=O) groups is 2. The SMILES string of the molecule is CCCCCCCCCCCCCCCCCCCCCCCCCCC(O)C(CO)NC(=O)CCCCCCCCC/C=C\CCCCCCCCOC(=O)CCCCCCCCCCCCCCCC. The molecule has 0 spiro atoms.